The van der Waals surface area contributed by atoms with Gasteiger partial charge in [0.2, 0.25) is 0 Å². The van der Waals surface area contributed by atoms with E-state index in [1.165, 1.54) is 0 Å². The number of likely N-dealkylation sites (N-methyl/N-ethyl adjacent to an activating group) is 1. The van der Waals surface area contributed by atoms with Gasteiger partial charge < -0.3 is 20.3 Å². The molecule has 0 heterocycles. The summed E-state index contributed by atoms with van der Waals surface area (Å²) in [5.74, 6) is 2.46. The van der Waals surface area contributed by atoms with Crippen LogP contribution in [0.15, 0.2) is 29.3 Å². The minimum Gasteiger partial charge on any atom is -0.492 e. The largest absolute Gasteiger partial charge is 0.492 e. The molecule has 170 valence electrons. The van der Waals surface area contributed by atoms with Gasteiger partial charge in [-0.25, -0.2) is 0 Å². The van der Waals surface area contributed by atoms with Gasteiger partial charge in [0.15, 0.2) is 5.96 Å². The van der Waals surface area contributed by atoms with Crippen molar-refractivity contribution in [3.05, 3.63) is 29.8 Å². The lowest BCUT2D eigenvalue weighted by molar-refractivity contribution is 0.221. The predicted molar refractivity (Wildman–Crippen MR) is 128 cm³/mol. The molecule has 30 heavy (non-hydrogen) atoms. The normalized spacial score (nSPS) is 20.8. The Bertz CT molecular complexity index is 679. The van der Waals surface area contributed by atoms with E-state index in [9.17, 15) is 4.21 Å². The summed E-state index contributed by atoms with van der Waals surface area (Å²) in [6.07, 6.45) is 4.24. The number of hydrogen-bond acceptors (Lipinski definition) is 4. The van der Waals surface area contributed by atoms with E-state index in [0.717, 1.165) is 68.3 Å². The number of nitrogens with one attached hydrogen (secondary N) is 2. The molecule has 1 aliphatic rings. The van der Waals surface area contributed by atoms with E-state index in [0.29, 0.717) is 24.4 Å². The quantitative estimate of drug-likeness (QED) is 0.412. The van der Waals surface area contributed by atoms with E-state index in [1.807, 2.05) is 25.1 Å². The highest BCUT2D eigenvalue weighted by Crippen LogP contribution is 2.23. The Morgan fingerprint density at radius 1 is 1.23 bits per heavy atom. The zero-order valence-corrected chi connectivity index (χ0v) is 20.0. The standard InChI is InChI=1S/C23H40N4O2S/c1-5-27(6-2)15-16-29-22-14-9-8-11-19(22)18-25-23(24-4)26-20-12-10-13-21(17-20)30(28)7-3/h8-9,11,14,20-21H,5-7,10,12-13,15-18H2,1-4H3,(H2,24,25,26). The van der Waals surface area contributed by atoms with E-state index in [1.54, 1.807) is 7.05 Å². The second-order valence-electron chi connectivity index (χ2n) is 7.71. The van der Waals surface area contributed by atoms with Gasteiger partial charge in [0.05, 0.1) is 0 Å². The van der Waals surface area contributed by atoms with Gasteiger partial charge in [0.25, 0.3) is 0 Å². The van der Waals surface area contributed by atoms with Crippen molar-refractivity contribution in [1.82, 2.24) is 15.5 Å². The topological polar surface area (TPSA) is 66.0 Å². The molecule has 0 amide bonds. The molecular weight excluding hydrogens is 396 g/mol. The first kappa shape index (κ1) is 24.7. The molecule has 1 saturated carbocycles. The minimum absolute atomic E-state index is 0.305. The Morgan fingerprint density at radius 2 is 2.00 bits per heavy atom. The van der Waals surface area contributed by atoms with Crippen molar-refractivity contribution >= 4 is 16.8 Å². The highest BCUT2D eigenvalue weighted by atomic mass is 32.2. The van der Waals surface area contributed by atoms with Crippen LogP contribution in [0.2, 0.25) is 0 Å². The number of nitrogens with zero attached hydrogens (tertiary/aromatic N) is 2. The molecule has 0 aliphatic heterocycles. The molecule has 3 unspecified atom stereocenters. The fourth-order valence-electron chi connectivity index (χ4n) is 3.93. The molecule has 7 heteroatoms. The maximum absolute atomic E-state index is 12.2. The second kappa shape index (κ2) is 13.7. The Kier molecular flexibility index (Phi) is 11.2. The Balaban J connectivity index is 1.87. The van der Waals surface area contributed by atoms with Gasteiger partial charge in [0.1, 0.15) is 12.4 Å². The first-order valence-corrected chi connectivity index (χ1v) is 12.8. The smallest absolute Gasteiger partial charge is 0.191 e. The molecule has 3 atom stereocenters. The van der Waals surface area contributed by atoms with Crippen molar-refractivity contribution in [3.8, 4) is 5.75 Å². The molecule has 1 fully saturated rings. The molecular formula is C23H40N4O2S. The Hall–Kier alpha value is -1.60. The molecule has 0 saturated heterocycles. The molecule has 2 N–H and O–H groups in total. The van der Waals surface area contributed by atoms with Gasteiger partial charge in [0, 0.05) is 53.5 Å². The molecule has 0 spiro atoms. The van der Waals surface area contributed by atoms with Crippen molar-refractivity contribution in [3.63, 3.8) is 0 Å². The number of para-hydroxylation sites is 1. The van der Waals surface area contributed by atoms with Crippen LogP contribution in [0, 0.1) is 0 Å². The number of ether oxygens (including phenoxy) is 1. The summed E-state index contributed by atoms with van der Waals surface area (Å²) in [6, 6.07) is 8.50. The zero-order valence-electron chi connectivity index (χ0n) is 19.2. The lowest BCUT2D eigenvalue weighted by atomic mass is 9.95. The van der Waals surface area contributed by atoms with E-state index in [4.69, 9.17) is 4.74 Å². The number of benzene rings is 1. The first-order valence-electron chi connectivity index (χ1n) is 11.4. The lowest BCUT2D eigenvalue weighted by Crippen LogP contribution is -2.46. The van der Waals surface area contributed by atoms with Gasteiger partial charge in [-0.15, -0.1) is 0 Å². The monoisotopic (exact) mass is 436 g/mol. The Labute approximate surface area is 185 Å². The van der Waals surface area contributed by atoms with Crippen LogP contribution in [0.3, 0.4) is 0 Å². The van der Waals surface area contributed by atoms with Gasteiger partial charge in [-0.2, -0.15) is 0 Å². The fraction of sp³-hybridized carbons (Fsp3) is 0.696. The van der Waals surface area contributed by atoms with Crippen molar-refractivity contribution in [2.24, 2.45) is 4.99 Å². The van der Waals surface area contributed by atoms with Crippen molar-refractivity contribution in [1.29, 1.82) is 0 Å². The van der Waals surface area contributed by atoms with Crippen molar-refractivity contribution < 1.29 is 8.95 Å². The Morgan fingerprint density at radius 3 is 2.70 bits per heavy atom. The third-order valence-corrected chi connectivity index (χ3v) is 7.57. The van der Waals surface area contributed by atoms with E-state index >= 15 is 0 Å². The summed E-state index contributed by atoms with van der Waals surface area (Å²) >= 11 is 0. The summed E-state index contributed by atoms with van der Waals surface area (Å²) in [5, 5.41) is 7.27. The molecule has 6 nitrogen and oxygen atoms in total. The molecule has 0 radical (unpaired) electrons. The van der Waals surface area contributed by atoms with Gasteiger partial charge in [-0.3, -0.25) is 9.20 Å². The van der Waals surface area contributed by atoms with Crippen LogP contribution < -0.4 is 15.4 Å². The van der Waals surface area contributed by atoms with Gasteiger partial charge >= 0.3 is 0 Å². The second-order valence-corrected chi connectivity index (χ2v) is 9.71. The SMILES string of the molecule is CCN(CC)CCOc1ccccc1CNC(=NC)NC1CCCC(S(=O)CC)C1. The molecule has 2 rings (SSSR count). The molecule has 1 aliphatic carbocycles. The summed E-state index contributed by atoms with van der Waals surface area (Å²) in [4.78, 5) is 6.75. The number of aliphatic imine (C=N–C) groups is 1. The van der Waals surface area contributed by atoms with E-state index in [-0.39, 0.29) is 0 Å². The lowest BCUT2D eigenvalue weighted by Gasteiger charge is -2.30. The first-order chi connectivity index (χ1) is 14.6. The fourth-order valence-corrected chi connectivity index (χ4v) is 5.28. The molecule has 0 aromatic heterocycles. The maximum Gasteiger partial charge on any atom is 0.191 e. The highest BCUT2D eigenvalue weighted by molar-refractivity contribution is 7.85. The van der Waals surface area contributed by atoms with Gasteiger partial charge in [-0.1, -0.05) is 45.4 Å². The molecule has 0 bridgehead atoms. The summed E-state index contributed by atoms with van der Waals surface area (Å²) in [7, 11) is 1.08. The van der Waals surface area contributed by atoms with Crippen LogP contribution >= 0.6 is 0 Å². The third kappa shape index (κ3) is 7.91. The molecule has 1 aromatic carbocycles. The average molecular weight is 437 g/mol. The average Bonchev–Trinajstić information content (AvgIpc) is 2.79. The molecule has 1 aromatic rings. The van der Waals surface area contributed by atoms with Crippen LogP contribution in [0.25, 0.3) is 0 Å². The summed E-state index contributed by atoms with van der Waals surface area (Å²) in [5.41, 5.74) is 1.12. The zero-order chi connectivity index (χ0) is 21.8. The van der Waals surface area contributed by atoms with E-state index in [2.05, 4.69) is 40.4 Å². The number of hydrogen-bond donors (Lipinski definition) is 2. The van der Waals surface area contributed by atoms with Crippen LogP contribution in [0.1, 0.15) is 52.0 Å². The minimum atomic E-state index is -0.716. The van der Waals surface area contributed by atoms with Crippen LogP contribution in [0.4, 0.5) is 0 Å². The van der Waals surface area contributed by atoms with Crippen LogP contribution in [0.5, 0.6) is 5.75 Å². The maximum atomic E-state index is 12.2. The van der Waals surface area contributed by atoms with Crippen LogP contribution in [-0.2, 0) is 17.3 Å². The van der Waals surface area contributed by atoms with Crippen LogP contribution in [-0.4, -0.2) is 65.4 Å². The highest BCUT2D eigenvalue weighted by Gasteiger charge is 2.26. The summed E-state index contributed by atoms with van der Waals surface area (Å²) in [6.45, 7) is 10.7. The third-order valence-electron chi connectivity index (χ3n) is 5.83. The number of guanidine groups is 1. The van der Waals surface area contributed by atoms with Crippen molar-refractivity contribution in [2.45, 2.75) is 64.3 Å². The van der Waals surface area contributed by atoms with Gasteiger partial charge in [-0.05, 0) is 38.4 Å². The summed E-state index contributed by atoms with van der Waals surface area (Å²) < 4.78 is 18.3. The van der Waals surface area contributed by atoms with Crippen molar-refractivity contribution in [2.75, 3.05) is 39.0 Å². The predicted octanol–water partition coefficient (Wildman–Crippen LogP) is 3.15. The number of rotatable bonds is 11. The van der Waals surface area contributed by atoms with E-state index < -0.39 is 10.8 Å².